The van der Waals surface area contributed by atoms with E-state index in [1.54, 1.807) is 11.3 Å². The van der Waals surface area contributed by atoms with Crippen molar-refractivity contribution in [2.75, 3.05) is 6.54 Å². The second-order valence-corrected chi connectivity index (χ2v) is 5.96. The zero-order chi connectivity index (χ0) is 12.7. The number of nitrogens with one attached hydrogen (secondary N) is 1. The Hall–Kier alpha value is -0.410. The van der Waals surface area contributed by atoms with Crippen LogP contribution in [0.15, 0.2) is 11.6 Å². The number of aromatic nitrogens is 1. The summed E-state index contributed by atoms with van der Waals surface area (Å²) in [6.45, 7) is 10.2. The quantitative estimate of drug-likeness (QED) is 0.757. The molecule has 1 N–H and O–H groups in total. The topological polar surface area (TPSA) is 24.9 Å². The highest BCUT2D eigenvalue weighted by atomic mass is 32.1. The molecular formula is C14H26N2S. The fourth-order valence-electron chi connectivity index (χ4n) is 1.96. The van der Waals surface area contributed by atoms with Crippen molar-refractivity contribution in [2.45, 2.75) is 58.9 Å². The minimum Gasteiger partial charge on any atom is -0.313 e. The van der Waals surface area contributed by atoms with Gasteiger partial charge in [-0.3, -0.25) is 0 Å². The SMILES string of the molecule is CCC(C)CC(CC)NCC(C)c1nccs1. The monoisotopic (exact) mass is 254 g/mol. The molecule has 0 spiro atoms. The first kappa shape index (κ1) is 14.7. The van der Waals surface area contributed by atoms with Crippen molar-refractivity contribution in [3.05, 3.63) is 16.6 Å². The molecule has 0 aliphatic rings. The van der Waals surface area contributed by atoms with Crippen LogP contribution in [0.25, 0.3) is 0 Å². The highest BCUT2D eigenvalue weighted by Crippen LogP contribution is 2.18. The lowest BCUT2D eigenvalue weighted by atomic mass is 9.97. The molecule has 1 heterocycles. The molecule has 0 fully saturated rings. The minimum absolute atomic E-state index is 0.529. The summed E-state index contributed by atoms with van der Waals surface area (Å²) in [5, 5.41) is 6.99. The second kappa shape index (κ2) is 7.83. The summed E-state index contributed by atoms with van der Waals surface area (Å²) in [4.78, 5) is 4.38. The number of hydrogen-bond acceptors (Lipinski definition) is 3. The van der Waals surface area contributed by atoms with Gasteiger partial charge in [0.15, 0.2) is 0 Å². The normalized spacial score (nSPS) is 16.7. The largest absolute Gasteiger partial charge is 0.313 e. The fourth-order valence-corrected chi connectivity index (χ4v) is 2.65. The smallest absolute Gasteiger partial charge is 0.0965 e. The van der Waals surface area contributed by atoms with E-state index in [0.29, 0.717) is 12.0 Å². The first-order valence-corrected chi connectivity index (χ1v) is 7.68. The number of nitrogens with zero attached hydrogens (tertiary/aromatic N) is 1. The first-order chi connectivity index (χ1) is 8.17. The molecule has 3 unspecified atom stereocenters. The van der Waals surface area contributed by atoms with Crippen LogP contribution in [-0.2, 0) is 0 Å². The van der Waals surface area contributed by atoms with E-state index in [1.807, 2.05) is 6.20 Å². The standard InChI is InChI=1S/C14H26N2S/c1-5-11(3)9-13(6-2)16-10-12(4)14-15-7-8-17-14/h7-8,11-13,16H,5-6,9-10H2,1-4H3. The average Bonchev–Trinajstić information content (AvgIpc) is 2.87. The second-order valence-electron chi connectivity index (χ2n) is 5.03. The Bertz CT molecular complexity index is 284. The molecule has 3 heteroatoms. The van der Waals surface area contributed by atoms with Gasteiger partial charge in [0.25, 0.3) is 0 Å². The maximum absolute atomic E-state index is 4.38. The summed E-state index contributed by atoms with van der Waals surface area (Å²) in [6.07, 6.45) is 5.68. The van der Waals surface area contributed by atoms with Gasteiger partial charge in [0.2, 0.25) is 0 Å². The van der Waals surface area contributed by atoms with Crippen molar-refractivity contribution < 1.29 is 0 Å². The molecule has 0 aliphatic heterocycles. The van der Waals surface area contributed by atoms with Crippen LogP contribution >= 0.6 is 11.3 Å². The van der Waals surface area contributed by atoms with E-state index < -0.39 is 0 Å². The Balaban J connectivity index is 2.32. The van der Waals surface area contributed by atoms with Crippen molar-refractivity contribution in [3.8, 4) is 0 Å². The summed E-state index contributed by atoms with van der Waals surface area (Å²) in [6, 6.07) is 0.660. The van der Waals surface area contributed by atoms with Gasteiger partial charge in [-0.05, 0) is 18.8 Å². The lowest BCUT2D eigenvalue weighted by Crippen LogP contribution is -2.33. The molecule has 1 aromatic heterocycles. The van der Waals surface area contributed by atoms with E-state index in [2.05, 4.69) is 43.4 Å². The van der Waals surface area contributed by atoms with E-state index in [-0.39, 0.29) is 0 Å². The van der Waals surface area contributed by atoms with E-state index in [1.165, 1.54) is 24.3 Å². The predicted octanol–water partition coefficient (Wildman–Crippen LogP) is 4.05. The fraction of sp³-hybridized carbons (Fsp3) is 0.786. The van der Waals surface area contributed by atoms with Gasteiger partial charge in [-0.2, -0.15) is 0 Å². The van der Waals surface area contributed by atoms with E-state index in [4.69, 9.17) is 0 Å². The van der Waals surface area contributed by atoms with Crippen LogP contribution in [0.5, 0.6) is 0 Å². The third-order valence-electron chi connectivity index (χ3n) is 3.46. The molecule has 0 aliphatic carbocycles. The van der Waals surface area contributed by atoms with Gasteiger partial charge < -0.3 is 5.32 Å². The Morgan fingerprint density at radius 3 is 2.59 bits per heavy atom. The number of hydrogen-bond donors (Lipinski definition) is 1. The van der Waals surface area contributed by atoms with Gasteiger partial charge in [0.1, 0.15) is 0 Å². The molecule has 3 atom stereocenters. The van der Waals surface area contributed by atoms with Crippen LogP contribution in [0, 0.1) is 5.92 Å². The van der Waals surface area contributed by atoms with E-state index in [9.17, 15) is 0 Å². The number of thiazole rings is 1. The van der Waals surface area contributed by atoms with Crippen molar-refractivity contribution >= 4 is 11.3 Å². The highest BCUT2D eigenvalue weighted by Gasteiger charge is 2.13. The molecule has 98 valence electrons. The molecule has 1 rings (SSSR count). The molecule has 0 radical (unpaired) electrons. The van der Waals surface area contributed by atoms with E-state index in [0.717, 1.165) is 12.5 Å². The van der Waals surface area contributed by atoms with Crippen molar-refractivity contribution in [1.29, 1.82) is 0 Å². The van der Waals surface area contributed by atoms with Crippen LogP contribution in [0.3, 0.4) is 0 Å². The van der Waals surface area contributed by atoms with Crippen molar-refractivity contribution in [3.63, 3.8) is 0 Å². The van der Waals surface area contributed by atoms with Crippen LogP contribution in [-0.4, -0.2) is 17.6 Å². The molecule has 0 bridgehead atoms. The minimum atomic E-state index is 0.529. The Kier molecular flexibility index (Phi) is 6.75. The highest BCUT2D eigenvalue weighted by molar-refractivity contribution is 7.09. The molecule has 2 nitrogen and oxygen atoms in total. The third-order valence-corrected chi connectivity index (χ3v) is 4.47. The predicted molar refractivity (Wildman–Crippen MR) is 76.7 cm³/mol. The summed E-state index contributed by atoms with van der Waals surface area (Å²) < 4.78 is 0. The van der Waals surface area contributed by atoms with Gasteiger partial charge >= 0.3 is 0 Å². The molecule has 17 heavy (non-hydrogen) atoms. The van der Waals surface area contributed by atoms with Gasteiger partial charge in [-0.15, -0.1) is 11.3 Å². The maximum atomic E-state index is 4.38. The lowest BCUT2D eigenvalue weighted by Gasteiger charge is -2.22. The van der Waals surface area contributed by atoms with Gasteiger partial charge in [0, 0.05) is 30.1 Å². The van der Waals surface area contributed by atoms with Crippen LogP contribution < -0.4 is 5.32 Å². The first-order valence-electron chi connectivity index (χ1n) is 6.80. The summed E-state index contributed by atoms with van der Waals surface area (Å²) >= 11 is 1.76. The van der Waals surface area contributed by atoms with Gasteiger partial charge in [0.05, 0.1) is 5.01 Å². The zero-order valence-electron chi connectivity index (χ0n) is 11.6. The van der Waals surface area contributed by atoms with E-state index >= 15 is 0 Å². The molecule has 0 amide bonds. The average molecular weight is 254 g/mol. The molecule has 0 saturated carbocycles. The molecule has 0 aromatic carbocycles. The molecular weight excluding hydrogens is 228 g/mol. The van der Waals surface area contributed by atoms with Crippen molar-refractivity contribution in [2.24, 2.45) is 5.92 Å². The summed E-state index contributed by atoms with van der Waals surface area (Å²) in [5.74, 6) is 1.35. The van der Waals surface area contributed by atoms with Crippen LogP contribution in [0.1, 0.15) is 57.9 Å². The lowest BCUT2D eigenvalue weighted by molar-refractivity contribution is 0.379. The Morgan fingerprint density at radius 2 is 2.06 bits per heavy atom. The van der Waals surface area contributed by atoms with Crippen molar-refractivity contribution in [1.82, 2.24) is 10.3 Å². The van der Waals surface area contributed by atoms with Crippen LogP contribution in [0.4, 0.5) is 0 Å². The van der Waals surface area contributed by atoms with Gasteiger partial charge in [-0.1, -0.05) is 34.1 Å². The van der Waals surface area contributed by atoms with Gasteiger partial charge in [-0.25, -0.2) is 4.98 Å². The maximum Gasteiger partial charge on any atom is 0.0965 e. The Morgan fingerprint density at radius 1 is 1.29 bits per heavy atom. The Labute approximate surface area is 110 Å². The molecule has 1 aromatic rings. The zero-order valence-corrected chi connectivity index (χ0v) is 12.4. The molecule has 0 saturated heterocycles. The summed E-state index contributed by atoms with van der Waals surface area (Å²) in [5.41, 5.74) is 0. The number of rotatable bonds is 8. The summed E-state index contributed by atoms with van der Waals surface area (Å²) in [7, 11) is 0. The van der Waals surface area contributed by atoms with Crippen LogP contribution in [0.2, 0.25) is 0 Å². The third kappa shape index (κ3) is 5.17.